The maximum absolute atomic E-state index is 12.7. The van der Waals surface area contributed by atoms with E-state index >= 15 is 0 Å². The predicted molar refractivity (Wildman–Crippen MR) is 106 cm³/mol. The van der Waals surface area contributed by atoms with E-state index in [1.54, 1.807) is 12.1 Å². The number of benzene rings is 2. The smallest absolute Gasteiger partial charge is 0.277 e. The zero-order valence-electron chi connectivity index (χ0n) is 16.5. The van der Waals surface area contributed by atoms with Gasteiger partial charge in [0.05, 0.1) is 26.9 Å². The highest BCUT2D eigenvalue weighted by Crippen LogP contribution is 2.41. The summed E-state index contributed by atoms with van der Waals surface area (Å²) in [6.45, 7) is 1.96. The first-order valence-corrected chi connectivity index (χ1v) is 8.62. The normalized spacial score (nSPS) is 13.8. The fourth-order valence-corrected chi connectivity index (χ4v) is 3.04. The summed E-state index contributed by atoms with van der Waals surface area (Å²) in [5.41, 5.74) is 2.79. The molecule has 28 heavy (non-hydrogen) atoms. The molecule has 2 amide bonds. The average molecular weight is 382 g/mol. The van der Waals surface area contributed by atoms with E-state index in [0.29, 0.717) is 34.1 Å². The Labute approximate surface area is 163 Å². The summed E-state index contributed by atoms with van der Waals surface area (Å²) in [5, 5.41) is 3.07. The zero-order chi connectivity index (χ0) is 20.4. The Morgan fingerprint density at radius 1 is 0.857 bits per heavy atom. The lowest BCUT2D eigenvalue weighted by Gasteiger charge is -2.15. The number of anilines is 1. The van der Waals surface area contributed by atoms with Gasteiger partial charge in [-0.15, -0.1) is 0 Å². The Bertz CT molecular complexity index is 938. The van der Waals surface area contributed by atoms with Crippen molar-refractivity contribution >= 4 is 23.1 Å². The highest BCUT2D eigenvalue weighted by atomic mass is 16.5. The van der Waals surface area contributed by atoms with Crippen LogP contribution in [0.2, 0.25) is 0 Å². The molecule has 0 unspecified atom stereocenters. The molecule has 1 N–H and O–H groups in total. The number of carbonyl (C=O) groups excluding carboxylic acids is 2. The Morgan fingerprint density at radius 2 is 1.43 bits per heavy atom. The van der Waals surface area contributed by atoms with Gasteiger partial charge in [-0.05, 0) is 12.5 Å². The lowest BCUT2D eigenvalue weighted by Crippen LogP contribution is -2.27. The largest absolute Gasteiger partial charge is 0.493 e. The summed E-state index contributed by atoms with van der Waals surface area (Å²) >= 11 is 0. The summed E-state index contributed by atoms with van der Waals surface area (Å²) in [4.78, 5) is 26.5. The molecule has 0 spiro atoms. The van der Waals surface area contributed by atoms with Crippen LogP contribution in [0.4, 0.5) is 5.69 Å². The van der Waals surface area contributed by atoms with Crippen molar-refractivity contribution in [2.24, 2.45) is 0 Å². The van der Waals surface area contributed by atoms with Crippen molar-refractivity contribution in [3.8, 4) is 17.2 Å². The molecule has 2 aromatic rings. The number of nitrogens with one attached hydrogen (secondary N) is 1. The van der Waals surface area contributed by atoms with E-state index in [2.05, 4.69) is 5.32 Å². The first-order chi connectivity index (χ1) is 13.4. The van der Waals surface area contributed by atoms with E-state index in [1.165, 1.54) is 28.4 Å². The number of hydrogen-bond donors (Lipinski definition) is 1. The third-order valence-corrected chi connectivity index (χ3v) is 4.56. The number of imide groups is 1. The number of likely N-dealkylation sites (N-methyl/N-ethyl adjacent to an activating group) is 1. The summed E-state index contributed by atoms with van der Waals surface area (Å²) in [7, 11) is 5.99. The maximum Gasteiger partial charge on any atom is 0.277 e. The molecule has 146 valence electrons. The molecule has 0 saturated carbocycles. The molecule has 7 heteroatoms. The van der Waals surface area contributed by atoms with Crippen molar-refractivity contribution in [1.82, 2.24) is 4.90 Å². The van der Waals surface area contributed by atoms with Gasteiger partial charge >= 0.3 is 0 Å². The molecule has 1 heterocycles. The van der Waals surface area contributed by atoms with Crippen LogP contribution in [0.1, 0.15) is 11.1 Å². The van der Waals surface area contributed by atoms with Crippen LogP contribution < -0.4 is 19.5 Å². The predicted octanol–water partition coefficient (Wildman–Crippen LogP) is 2.84. The summed E-state index contributed by atoms with van der Waals surface area (Å²) in [5.74, 6) is 0.547. The lowest BCUT2D eigenvalue weighted by atomic mass is 10.0. The summed E-state index contributed by atoms with van der Waals surface area (Å²) in [6.07, 6.45) is 0. The lowest BCUT2D eigenvalue weighted by molar-refractivity contribution is -0.135. The second-order valence-electron chi connectivity index (χ2n) is 6.32. The van der Waals surface area contributed by atoms with Crippen molar-refractivity contribution in [1.29, 1.82) is 0 Å². The van der Waals surface area contributed by atoms with Crippen LogP contribution in [-0.4, -0.2) is 45.1 Å². The third-order valence-electron chi connectivity index (χ3n) is 4.56. The molecular weight excluding hydrogens is 360 g/mol. The molecule has 0 aromatic heterocycles. The molecule has 0 fully saturated rings. The maximum atomic E-state index is 12.7. The van der Waals surface area contributed by atoms with Gasteiger partial charge in [0.1, 0.15) is 5.70 Å². The van der Waals surface area contributed by atoms with E-state index in [-0.39, 0.29) is 11.6 Å². The number of hydrogen-bond acceptors (Lipinski definition) is 6. The molecule has 0 saturated heterocycles. The Hall–Kier alpha value is -3.48. The van der Waals surface area contributed by atoms with Crippen molar-refractivity contribution in [3.63, 3.8) is 0 Å². The number of ether oxygens (including phenoxy) is 3. The van der Waals surface area contributed by atoms with Crippen LogP contribution in [0.15, 0.2) is 42.1 Å². The number of carbonyl (C=O) groups is 2. The van der Waals surface area contributed by atoms with Gasteiger partial charge in [0.2, 0.25) is 5.75 Å². The van der Waals surface area contributed by atoms with Crippen molar-refractivity contribution in [3.05, 3.63) is 53.2 Å². The Morgan fingerprint density at radius 3 is 1.93 bits per heavy atom. The zero-order valence-corrected chi connectivity index (χ0v) is 16.5. The first kappa shape index (κ1) is 19.3. The minimum atomic E-state index is -0.408. The van der Waals surface area contributed by atoms with Crippen LogP contribution in [0.3, 0.4) is 0 Å². The molecule has 0 atom stereocenters. The molecule has 0 radical (unpaired) electrons. The van der Waals surface area contributed by atoms with Gasteiger partial charge in [-0.3, -0.25) is 14.5 Å². The van der Waals surface area contributed by atoms with Gasteiger partial charge in [0.25, 0.3) is 11.8 Å². The fourth-order valence-electron chi connectivity index (χ4n) is 3.04. The monoisotopic (exact) mass is 382 g/mol. The highest BCUT2D eigenvalue weighted by molar-refractivity contribution is 6.36. The number of aryl methyl sites for hydroxylation is 1. The average Bonchev–Trinajstić information content (AvgIpc) is 2.91. The van der Waals surface area contributed by atoms with Gasteiger partial charge < -0.3 is 19.5 Å². The molecule has 1 aliphatic heterocycles. The van der Waals surface area contributed by atoms with Crippen LogP contribution in [-0.2, 0) is 9.59 Å². The molecular formula is C21H22N2O5. The van der Waals surface area contributed by atoms with Crippen molar-refractivity contribution in [2.45, 2.75) is 6.92 Å². The van der Waals surface area contributed by atoms with Gasteiger partial charge in [-0.1, -0.05) is 29.8 Å². The number of nitrogens with zero attached hydrogens (tertiary/aromatic N) is 1. The second kappa shape index (κ2) is 7.64. The SMILES string of the molecule is COc1cc(NC2=C(c3ccc(C)cc3)C(=O)N(C)C2=O)cc(OC)c1OC. The van der Waals surface area contributed by atoms with Crippen LogP contribution in [0.25, 0.3) is 5.57 Å². The molecule has 0 aliphatic carbocycles. The number of rotatable bonds is 6. The van der Waals surface area contributed by atoms with Crippen LogP contribution >= 0.6 is 0 Å². The van der Waals surface area contributed by atoms with E-state index < -0.39 is 5.91 Å². The number of amides is 2. The van der Waals surface area contributed by atoms with E-state index in [4.69, 9.17) is 14.2 Å². The standard InChI is InChI=1S/C21H22N2O5/c1-12-6-8-13(9-7-12)17-18(21(25)23(2)20(17)24)22-14-10-15(26-3)19(28-5)16(11-14)27-4/h6-11,22H,1-5H3. The Balaban J connectivity index is 2.11. The molecule has 2 aromatic carbocycles. The van der Waals surface area contributed by atoms with Crippen LogP contribution in [0, 0.1) is 6.92 Å². The van der Waals surface area contributed by atoms with Gasteiger partial charge in [-0.2, -0.15) is 0 Å². The van der Waals surface area contributed by atoms with Gasteiger partial charge in [0, 0.05) is 24.9 Å². The highest BCUT2D eigenvalue weighted by Gasteiger charge is 2.37. The van der Waals surface area contributed by atoms with Crippen LogP contribution in [0.5, 0.6) is 17.2 Å². The number of methoxy groups -OCH3 is 3. The summed E-state index contributed by atoms with van der Waals surface area (Å²) < 4.78 is 16.0. The summed E-state index contributed by atoms with van der Waals surface area (Å²) in [6, 6.07) is 10.8. The van der Waals surface area contributed by atoms with Gasteiger partial charge in [-0.25, -0.2) is 0 Å². The first-order valence-electron chi connectivity index (χ1n) is 8.62. The molecule has 1 aliphatic rings. The van der Waals surface area contributed by atoms with E-state index in [0.717, 1.165) is 10.5 Å². The fraction of sp³-hybridized carbons (Fsp3) is 0.238. The van der Waals surface area contributed by atoms with Crippen molar-refractivity contribution in [2.75, 3.05) is 33.7 Å². The van der Waals surface area contributed by atoms with E-state index in [1.807, 2.05) is 31.2 Å². The quantitative estimate of drug-likeness (QED) is 0.774. The molecule has 3 rings (SSSR count). The van der Waals surface area contributed by atoms with Gasteiger partial charge in [0.15, 0.2) is 11.5 Å². The van der Waals surface area contributed by atoms with E-state index in [9.17, 15) is 9.59 Å². The Kier molecular flexibility index (Phi) is 5.26. The third kappa shape index (κ3) is 3.26. The molecule has 7 nitrogen and oxygen atoms in total. The molecule has 0 bridgehead atoms. The topological polar surface area (TPSA) is 77.1 Å². The minimum Gasteiger partial charge on any atom is -0.493 e. The second-order valence-corrected chi connectivity index (χ2v) is 6.32. The van der Waals surface area contributed by atoms with Crippen molar-refractivity contribution < 1.29 is 23.8 Å². The minimum absolute atomic E-state index is 0.200.